The number of nitrogens with two attached hydrogens (primary N) is 1. The Balaban J connectivity index is 2.95. The minimum absolute atomic E-state index is 0.00941. The quantitative estimate of drug-likeness (QED) is 0.782. The summed E-state index contributed by atoms with van der Waals surface area (Å²) < 4.78 is 36.6. The highest BCUT2D eigenvalue weighted by Gasteiger charge is 2.17. The van der Waals surface area contributed by atoms with E-state index in [1.54, 1.807) is 0 Å². The van der Waals surface area contributed by atoms with Crippen LogP contribution in [0.4, 0.5) is 4.39 Å². The number of benzene rings is 1. The Labute approximate surface area is 109 Å². The lowest BCUT2D eigenvalue weighted by atomic mass is 10.1. The molecule has 0 unspecified atom stereocenters. The molecule has 19 heavy (non-hydrogen) atoms. The molecule has 1 rings (SSSR count). The van der Waals surface area contributed by atoms with E-state index in [4.69, 9.17) is 10.8 Å². The van der Waals surface area contributed by atoms with Gasteiger partial charge in [0.2, 0.25) is 5.91 Å². The van der Waals surface area contributed by atoms with Crippen molar-refractivity contribution in [1.82, 2.24) is 0 Å². The van der Waals surface area contributed by atoms with Gasteiger partial charge in [0.1, 0.15) is 5.82 Å². The van der Waals surface area contributed by atoms with Crippen LogP contribution < -0.4 is 5.73 Å². The lowest BCUT2D eigenvalue weighted by Crippen LogP contribution is -2.15. The van der Waals surface area contributed by atoms with Crippen molar-refractivity contribution >= 4 is 21.7 Å². The van der Waals surface area contributed by atoms with Crippen LogP contribution in [0, 0.1) is 5.82 Å². The summed E-state index contributed by atoms with van der Waals surface area (Å²) in [5.74, 6) is -4.11. The van der Waals surface area contributed by atoms with E-state index in [1.807, 2.05) is 0 Å². The Hall–Kier alpha value is -1.96. The molecule has 0 bridgehead atoms. The van der Waals surface area contributed by atoms with E-state index in [9.17, 15) is 22.4 Å². The van der Waals surface area contributed by atoms with Crippen molar-refractivity contribution in [3.05, 3.63) is 35.1 Å². The third-order valence-electron chi connectivity index (χ3n) is 2.33. The Kier molecular flexibility index (Phi) is 4.60. The minimum atomic E-state index is -3.77. The highest BCUT2D eigenvalue weighted by Crippen LogP contribution is 2.14. The van der Waals surface area contributed by atoms with Crippen molar-refractivity contribution in [2.75, 3.05) is 5.75 Å². The van der Waals surface area contributed by atoms with Crippen LogP contribution in [0.1, 0.15) is 22.3 Å². The van der Waals surface area contributed by atoms with Crippen LogP contribution in [-0.2, 0) is 20.4 Å². The Morgan fingerprint density at radius 1 is 1.32 bits per heavy atom. The first-order chi connectivity index (χ1) is 8.71. The van der Waals surface area contributed by atoms with E-state index in [1.165, 1.54) is 0 Å². The zero-order chi connectivity index (χ0) is 14.6. The molecular formula is C11H12FNO5S. The van der Waals surface area contributed by atoms with Gasteiger partial charge in [-0.15, -0.1) is 0 Å². The second-order valence-corrected chi connectivity index (χ2v) is 6.09. The zero-order valence-electron chi connectivity index (χ0n) is 9.80. The van der Waals surface area contributed by atoms with Gasteiger partial charge in [-0.2, -0.15) is 0 Å². The monoisotopic (exact) mass is 289 g/mol. The molecule has 1 aromatic carbocycles. The van der Waals surface area contributed by atoms with Crippen LogP contribution in [0.3, 0.4) is 0 Å². The Bertz CT molecular complexity index is 612. The van der Waals surface area contributed by atoms with Gasteiger partial charge in [-0.05, 0) is 18.2 Å². The lowest BCUT2D eigenvalue weighted by molar-refractivity contribution is -0.136. The van der Waals surface area contributed by atoms with Crippen molar-refractivity contribution < 1.29 is 27.5 Å². The number of rotatable bonds is 6. The van der Waals surface area contributed by atoms with E-state index >= 15 is 0 Å². The molecule has 8 heteroatoms. The van der Waals surface area contributed by atoms with Crippen molar-refractivity contribution in [1.29, 1.82) is 0 Å². The number of primary amides is 1. The first-order valence-corrected chi connectivity index (χ1v) is 7.04. The fourth-order valence-electron chi connectivity index (χ4n) is 1.39. The van der Waals surface area contributed by atoms with E-state index in [0.29, 0.717) is 0 Å². The summed E-state index contributed by atoms with van der Waals surface area (Å²) in [5, 5.41) is 8.41. The zero-order valence-corrected chi connectivity index (χ0v) is 10.6. The number of carbonyl (C=O) groups is 2. The molecule has 0 aliphatic rings. The fourth-order valence-corrected chi connectivity index (χ4v) is 2.72. The summed E-state index contributed by atoms with van der Waals surface area (Å²) in [7, 11) is -3.77. The topological polar surface area (TPSA) is 115 Å². The number of carbonyl (C=O) groups excluding carboxylic acids is 1. The molecule has 0 atom stereocenters. The van der Waals surface area contributed by atoms with Gasteiger partial charge in [0.05, 0.1) is 17.9 Å². The molecule has 6 nitrogen and oxygen atoms in total. The molecule has 0 spiro atoms. The van der Waals surface area contributed by atoms with Crippen molar-refractivity contribution in [3.63, 3.8) is 0 Å². The third-order valence-corrected chi connectivity index (χ3v) is 3.91. The maximum Gasteiger partial charge on any atom is 0.304 e. The van der Waals surface area contributed by atoms with Gasteiger partial charge in [-0.1, -0.05) is 0 Å². The van der Waals surface area contributed by atoms with Crippen LogP contribution in [0.5, 0.6) is 0 Å². The van der Waals surface area contributed by atoms with Crippen LogP contribution in [0.15, 0.2) is 18.2 Å². The third kappa shape index (κ3) is 4.66. The molecule has 104 valence electrons. The first-order valence-electron chi connectivity index (χ1n) is 5.22. The maximum atomic E-state index is 13.4. The highest BCUT2D eigenvalue weighted by atomic mass is 32.2. The first kappa shape index (κ1) is 15.1. The Morgan fingerprint density at radius 3 is 2.47 bits per heavy atom. The number of sulfone groups is 1. The van der Waals surface area contributed by atoms with Gasteiger partial charge in [-0.25, -0.2) is 12.8 Å². The maximum absolute atomic E-state index is 13.4. The molecule has 0 aromatic heterocycles. The van der Waals surface area contributed by atoms with E-state index < -0.39 is 45.5 Å². The van der Waals surface area contributed by atoms with E-state index in [-0.39, 0.29) is 11.1 Å². The predicted molar refractivity (Wildman–Crippen MR) is 64.7 cm³/mol. The normalized spacial score (nSPS) is 11.2. The van der Waals surface area contributed by atoms with Crippen LogP contribution >= 0.6 is 0 Å². The summed E-state index contributed by atoms with van der Waals surface area (Å²) in [6, 6.07) is 3.14. The second kappa shape index (κ2) is 5.79. The fraction of sp³-hybridized carbons (Fsp3) is 0.273. The second-order valence-electron chi connectivity index (χ2n) is 3.91. The number of hydrogen-bond donors (Lipinski definition) is 2. The largest absolute Gasteiger partial charge is 0.481 e. The van der Waals surface area contributed by atoms with Gasteiger partial charge >= 0.3 is 5.97 Å². The summed E-state index contributed by atoms with van der Waals surface area (Å²) >= 11 is 0. The van der Waals surface area contributed by atoms with E-state index in [0.717, 1.165) is 18.2 Å². The summed E-state index contributed by atoms with van der Waals surface area (Å²) in [6.45, 7) is 0. The molecule has 0 radical (unpaired) electrons. The van der Waals surface area contributed by atoms with Crippen LogP contribution in [-0.4, -0.2) is 31.2 Å². The standard InChI is InChI=1S/C11H12FNO5S/c12-9-2-1-7(11(13)16)5-8(9)6-19(17,18)4-3-10(14)15/h1-2,5H,3-4,6H2,(H2,13,16)(H,14,15). The molecule has 0 aliphatic heterocycles. The van der Waals surface area contributed by atoms with Crippen molar-refractivity contribution in [2.45, 2.75) is 12.2 Å². The molecule has 0 fully saturated rings. The van der Waals surface area contributed by atoms with E-state index in [2.05, 4.69) is 0 Å². The minimum Gasteiger partial charge on any atom is -0.481 e. The summed E-state index contributed by atoms with van der Waals surface area (Å²) in [5.41, 5.74) is 4.79. The van der Waals surface area contributed by atoms with Crippen LogP contribution in [0.2, 0.25) is 0 Å². The number of hydrogen-bond acceptors (Lipinski definition) is 4. The predicted octanol–water partition coefficient (Wildman–Crippen LogP) is 0.314. The summed E-state index contributed by atoms with van der Waals surface area (Å²) in [4.78, 5) is 21.2. The van der Waals surface area contributed by atoms with Gasteiger partial charge in [-0.3, -0.25) is 9.59 Å². The Morgan fingerprint density at radius 2 is 1.95 bits per heavy atom. The number of carboxylic acid groups (broad SMARTS) is 1. The smallest absolute Gasteiger partial charge is 0.304 e. The van der Waals surface area contributed by atoms with Gasteiger partial charge in [0.15, 0.2) is 9.84 Å². The van der Waals surface area contributed by atoms with Gasteiger partial charge < -0.3 is 10.8 Å². The van der Waals surface area contributed by atoms with Crippen LogP contribution in [0.25, 0.3) is 0 Å². The molecule has 3 N–H and O–H groups in total. The van der Waals surface area contributed by atoms with Crippen molar-refractivity contribution in [3.8, 4) is 0 Å². The average molecular weight is 289 g/mol. The molecule has 1 amide bonds. The molecule has 0 saturated carbocycles. The highest BCUT2D eigenvalue weighted by molar-refractivity contribution is 7.90. The molecular weight excluding hydrogens is 277 g/mol. The number of carboxylic acids is 1. The molecule has 0 aliphatic carbocycles. The number of halogens is 1. The molecule has 0 saturated heterocycles. The summed E-state index contributed by atoms with van der Waals surface area (Å²) in [6.07, 6.45) is -0.556. The van der Waals surface area contributed by atoms with Crippen molar-refractivity contribution in [2.24, 2.45) is 5.73 Å². The molecule has 0 heterocycles. The van der Waals surface area contributed by atoms with Gasteiger partial charge in [0.25, 0.3) is 0 Å². The average Bonchev–Trinajstić information content (AvgIpc) is 2.29. The number of aliphatic carboxylic acids is 1. The number of amides is 1. The lowest BCUT2D eigenvalue weighted by Gasteiger charge is -2.06. The molecule has 1 aromatic rings. The van der Waals surface area contributed by atoms with Gasteiger partial charge in [0, 0.05) is 11.1 Å². The SMILES string of the molecule is NC(=O)c1ccc(F)c(CS(=O)(=O)CCC(=O)O)c1.